The third-order valence-electron chi connectivity index (χ3n) is 6.02. The van der Waals surface area contributed by atoms with Crippen LogP contribution in [0.2, 0.25) is 0 Å². The number of rotatable bonds is 9. The van der Waals surface area contributed by atoms with E-state index in [1.807, 2.05) is 13.8 Å². The van der Waals surface area contributed by atoms with Crippen molar-refractivity contribution < 1.29 is 19.1 Å². The number of methoxy groups -OCH3 is 1. The molecule has 1 aliphatic rings. The van der Waals surface area contributed by atoms with Gasteiger partial charge in [0.1, 0.15) is 23.5 Å². The molecule has 1 aliphatic heterocycles. The molecule has 1 aromatic carbocycles. The largest absolute Gasteiger partial charge is 0.496 e. The molecular weight excluding hydrogens is 422 g/mol. The summed E-state index contributed by atoms with van der Waals surface area (Å²) in [5.74, 6) is -0.774. The average Bonchev–Trinajstić information content (AvgIpc) is 3.18. The topological polar surface area (TPSA) is 139 Å². The van der Waals surface area contributed by atoms with E-state index in [9.17, 15) is 19.6 Å². The van der Waals surface area contributed by atoms with Gasteiger partial charge >= 0.3 is 0 Å². The highest BCUT2D eigenvalue weighted by molar-refractivity contribution is 6.01. The summed E-state index contributed by atoms with van der Waals surface area (Å²) >= 11 is 0. The Kier molecular flexibility index (Phi) is 7.59. The van der Waals surface area contributed by atoms with E-state index in [2.05, 4.69) is 16.7 Å². The second kappa shape index (κ2) is 10.4. The number of nitrogens with zero attached hydrogens (tertiary/aromatic N) is 2. The third-order valence-corrected chi connectivity index (χ3v) is 6.02. The molecule has 0 saturated carbocycles. The van der Waals surface area contributed by atoms with Crippen LogP contribution in [-0.4, -0.2) is 42.0 Å². The molecule has 1 fully saturated rings. The van der Waals surface area contributed by atoms with Crippen LogP contribution in [0, 0.1) is 23.2 Å². The molecule has 0 unspecified atom stereocenters. The van der Waals surface area contributed by atoms with Crippen molar-refractivity contribution >= 4 is 28.6 Å². The number of aromatic nitrogens is 1. The zero-order chi connectivity index (χ0) is 24.1. The van der Waals surface area contributed by atoms with Crippen LogP contribution in [-0.2, 0) is 9.59 Å². The van der Waals surface area contributed by atoms with Gasteiger partial charge in [0.2, 0.25) is 11.8 Å². The number of piperidine rings is 1. The minimum Gasteiger partial charge on any atom is -0.496 e. The van der Waals surface area contributed by atoms with Crippen molar-refractivity contribution in [1.29, 1.82) is 5.26 Å². The smallest absolute Gasteiger partial charge is 0.265 e. The number of nitrogens with one attached hydrogen (secondary N) is 2. The number of primary amides is 1. The van der Waals surface area contributed by atoms with Gasteiger partial charge in [0.15, 0.2) is 0 Å². The van der Waals surface area contributed by atoms with Crippen LogP contribution in [0.4, 0.5) is 0 Å². The number of carbonyl (C=O) groups is 3. The number of carbonyl (C=O) groups excluding carboxylic acids is 3. The Morgan fingerprint density at radius 3 is 2.76 bits per heavy atom. The predicted octanol–water partition coefficient (Wildman–Crippen LogP) is 2.26. The molecule has 0 bridgehead atoms. The first-order valence-corrected chi connectivity index (χ1v) is 11.2. The number of nitrogens with two attached hydrogens (primary N) is 1. The summed E-state index contributed by atoms with van der Waals surface area (Å²) in [6.45, 7) is 4.59. The number of hydrogen-bond acceptors (Lipinski definition) is 5. The summed E-state index contributed by atoms with van der Waals surface area (Å²) in [6, 6.07) is 7.51. The minimum atomic E-state index is -0.825. The van der Waals surface area contributed by atoms with Gasteiger partial charge in [-0.25, -0.2) is 0 Å². The van der Waals surface area contributed by atoms with E-state index in [1.165, 1.54) is 7.11 Å². The maximum atomic E-state index is 13.5. The van der Waals surface area contributed by atoms with E-state index in [1.54, 1.807) is 28.8 Å². The second-order valence-corrected chi connectivity index (χ2v) is 8.86. The van der Waals surface area contributed by atoms with E-state index >= 15 is 0 Å². The van der Waals surface area contributed by atoms with E-state index in [0.29, 0.717) is 36.0 Å². The highest BCUT2D eigenvalue weighted by Crippen LogP contribution is 2.33. The Hall–Kier alpha value is -3.54. The molecule has 4 N–H and O–H groups in total. The quantitative estimate of drug-likeness (QED) is 0.534. The Morgan fingerprint density at radius 1 is 1.39 bits per heavy atom. The van der Waals surface area contributed by atoms with Crippen molar-refractivity contribution in [3.05, 3.63) is 30.0 Å². The Labute approximate surface area is 193 Å². The number of amides is 3. The third kappa shape index (κ3) is 5.28. The summed E-state index contributed by atoms with van der Waals surface area (Å²) in [4.78, 5) is 37.9. The van der Waals surface area contributed by atoms with Crippen LogP contribution in [0.25, 0.3) is 10.9 Å². The minimum absolute atomic E-state index is 0.0889. The van der Waals surface area contributed by atoms with Gasteiger partial charge in [0.25, 0.3) is 5.91 Å². The van der Waals surface area contributed by atoms with Gasteiger partial charge in [0, 0.05) is 17.8 Å². The Morgan fingerprint density at radius 2 is 2.15 bits per heavy atom. The van der Waals surface area contributed by atoms with E-state index in [0.717, 1.165) is 6.42 Å². The van der Waals surface area contributed by atoms with Crippen molar-refractivity contribution in [1.82, 2.24) is 15.2 Å². The maximum Gasteiger partial charge on any atom is 0.265 e. The molecule has 176 valence electrons. The summed E-state index contributed by atoms with van der Waals surface area (Å²) < 4.78 is 7.06. The number of benzene rings is 1. The van der Waals surface area contributed by atoms with E-state index in [-0.39, 0.29) is 29.9 Å². The van der Waals surface area contributed by atoms with Gasteiger partial charge < -0.3 is 25.7 Å². The fraction of sp³-hybridized carbons (Fsp3) is 0.500. The van der Waals surface area contributed by atoms with Crippen LogP contribution in [0.5, 0.6) is 5.75 Å². The maximum absolute atomic E-state index is 13.5. The summed E-state index contributed by atoms with van der Waals surface area (Å²) in [6.07, 6.45) is 2.20. The highest BCUT2D eigenvalue weighted by atomic mass is 16.5. The SMILES string of the molecule is COc1cccc2c1cc(C(N)=O)n2[C@@H](CC(C)C)C(=O)N[C@H](C#N)C[C@@H]1CCCNC1=O. The Bertz CT molecular complexity index is 1080. The lowest BCUT2D eigenvalue weighted by molar-refractivity contribution is -0.128. The number of ether oxygens (including phenoxy) is 1. The summed E-state index contributed by atoms with van der Waals surface area (Å²) in [5.41, 5.74) is 6.51. The highest BCUT2D eigenvalue weighted by Gasteiger charge is 2.31. The molecule has 33 heavy (non-hydrogen) atoms. The van der Waals surface area contributed by atoms with Crippen molar-refractivity contribution in [3.8, 4) is 11.8 Å². The first-order chi connectivity index (χ1) is 15.8. The lowest BCUT2D eigenvalue weighted by atomic mass is 9.91. The predicted molar refractivity (Wildman–Crippen MR) is 123 cm³/mol. The molecule has 9 heteroatoms. The van der Waals surface area contributed by atoms with Gasteiger partial charge in [-0.1, -0.05) is 19.9 Å². The van der Waals surface area contributed by atoms with Gasteiger partial charge in [-0.05, 0) is 49.8 Å². The molecule has 0 aliphatic carbocycles. The fourth-order valence-corrected chi connectivity index (χ4v) is 4.46. The first kappa shape index (κ1) is 24.1. The molecule has 0 spiro atoms. The van der Waals surface area contributed by atoms with Gasteiger partial charge in [-0.3, -0.25) is 14.4 Å². The zero-order valence-corrected chi connectivity index (χ0v) is 19.3. The number of hydrogen-bond donors (Lipinski definition) is 3. The van der Waals surface area contributed by atoms with Crippen molar-refractivity contribution in [2.24, 2.45) is 17.6 Å². The second-order valence-electron chi connectivity index (χ2n) is 8.86. The molecule has 2 heterocycles. The summed E-state index contributed by atoms with van der Waals surface area (Å²) in [5, 5.41) is 16.0. The normalized spacial score (nSPS) is 17.8. The van der Waals surface area contributed by atoms with Crippen molar-refractivity contribution in [3.63, 3.8) is 0 Å². The van der Waals surface area contributed by atoms with Crippen LogP contribution in [0.15, 0.2) is 24.3 Å². The monoisotopic (exact) mass is 453 g/mol. The fourth-order valence-electron chi connectivity index (χ4n) is 4.46. The molecule has 2 aromatic rings. The molecule has 1 saturated heterocycles. The standard InChI is InChI=1S/C24H31N5O4/c1-14(2)10-20(24(32)28-16(13-25)11-15-6-5-9-27-23(15)31)29-18-7-4-8-21(33-3)17(18)12-19(29)22(26)30/h4,7-8,12,14-16,20H,5-6,9-11H2,1-3H3,(H2,26,30)(H,27,31)(H,28,32)/t15-,16-,20-/m0/s1. The molecule has 0 radical (unpaired) electrons. The molecule has 3 rings (SSSR count). The molecule has 3 amide bonds. The lowest BCUT2D eigenvalue weighted by Gasteiger charge is -2.27. The van der Waals surface area contributed by atoms with Crippen LogP contribution in [0.1, 0.15) is 56.1 Å². The van der Waals surface area contributed by atoms with Crippen LogP contribution < -0.4 is 21.1 Å². The molecule has 3 atom stereocenters. The lowest BCUT2D eigenvalue weighted by Crippen LogP contribution is -2.44. The van der Waals surface area contributed by atoms with Gasteiger partial charge in [-0.2, -0.15) is 5.26 Å². The average molecular weight is 454 g/mol. The summed E-state index contributed by atoms with van der Waals surface area (Å²) in [7, 11) is 1.54. The number of nitriles is 1. The van der Waals surface area contributed by atoms with Gasteiger partial charge in [0.05, 0.1) is 18.7 Å². The Balaban J connectivity index is 1.97. The van der Waals surface area contributed by atoms with Crippen LogP contribution >= 0.6 is 0 Å². The number of fused-ring (bicyclic) bond motifs is 1. The van der Waals surface area contributed by atoms with Crippen LogP contribution in [0.3, 0.4) is 0 Å². The van der Waals surface area contributed by atoms with Crippen molar-refractivity contribution in [2.75, 3.05) is 13.7 Å². The van der Waals surface area contributed by atoms with E-state index in [4.69, 9.17) is 10.5 Å². The first-order valence-electron chi connectivity index (χ1n) is 11.2. The van der Waals surface area contributed by atoms with Crippen molar-refractivity contribution in [2.45, 2.75) is 51.6 Å². The van der Waals surface area contributed by atoms with E-state index < -0.39 is 23.9 Å². The molecule has 9 nitrogen and oxygen atoms in total. The molecule has 1 aromatic heterocycles. The zero-order valence-electron chi connectivity index (χ0n) is 19.3. The molecular formula is C24H31N5O4. The van der Waals surface area contributed by atoms with Gasteiger partial charge in [-0.15, -0.1) is 0 Å².